The number of esters is 1. The average Bonchev–Trinajstić information content (AvgIpc) is 2.61. The number of hydrogen-bond acceptors (Lipinski definition) is 6. The smallest absolute Gasteiger partial charge is 0.306 e. The zero-order chi connectivity index (χ0) is 20.1. The van der Waals surface area contributed by atoms with Crippen molar-refractivity contribution in [2.24, 2.45) is 5.92 Å². The van der Waals surface area contributed by atoms with Crippen LogP contribution in [0.5, 0.6) is 5.75 Å². The summed E-state index contributed by atoms with van der Waals surface area (Å²) in [6.45, 7) is 3.64. The molecular weight excluding hydrogens is 378 g/mol. The lowest BCUT2D eigenvalue weighted by molar-refractivity contribution is -0.141. The lowest BCUT2D eigenvalue weighted by atomic mass is 9.89. The second-order valence-corrected chi connectivity index (χ2v) is 7.30. The number of hydrogen-bond donors (Lipinski definition) is 1. The molecule has 2 aromatic rings. The van der Waals surface area contributed by atoms with Crippen LogP contribution in [0.4, 0.5) is 8.78 Å². The number of aromatic hydroxyl groups is 1. The summed E-state index contributed by atoms with van der Waals surface area (Å²) < 4.78 is 37.1. The van der Waals surface area contributed by atoms with Crippen molar-refractivity contribution in [2.75, 3.05) is 7.11 Å². The monoisotopic (exact) mass is 398 g/mol. The van der Waals surface area contributed by atoms with Gasteiger partial charge in [0, 0.05) is 22.9 Å². The van der Waals surface area contributed by atoms with Gasteiger partial charge in [-0.25, -0.2) is 8.78 Å². The Morgan fingerprint density at radius 1 is 1.30 bits per heavy atom. The van der Waals surface area contributed by atoms with Gasteiger partial charge < -0.3 is 14.3 Å². The van der Waals surface area contributed by atoms with E-state index in [2.05, 4.69) is 4.74 Å². The fraction of sp³-hybridized carbons (Fsp3) is 0.368. The molecule has 0 amide bonds. The van der Waals surface area contributed by atoms with Gasteiger partial charge in [0.1, 0.15) is 17.4 Å². The molecule has 1 unspecified atom stereocenters. The molecule has 0 aliphatic heterocycles. The van der Waals surface area contributed by atoms with E-state index in [0.29, 0.717) is 0 Å². The topological polar surface area (TPSA) is 76.7 Å². The highest BCUT2D eigenvalue weighted by molar-refractivity contribution is 7.98. The lowest BCUT2D eigenvalue weighted by Gasteiger charge is -2.20. The first-order valence-corrected chi connectivity index (χ1v) is 9.22. The van der Waals surface area contributed by atoms with E-state index in [4.69, 9.17) is 4.42 Å². The molecule has 0 fully saturated rings. The van der Waals surface area contributed by atoms with Gasteiger partial charge in [-0.15, -0.1) is 11.8 Å². The van der Waals surface area contributed by atoms with Gasteiger partial charge in [0.05, 0.1) is 19.3 Å². The molecule has 0 spiro atoms. The van der Waals surface area contributed by atoms with Crippen LogP contribution < -0.4 is 5.43 Å². The SMILES string of the molecule is COC(=O)CC(c1oc(CSc2ccc(F)cc2F)cc(=O)c1O)C(C)C. The van der Waals surface area contributed by atoms with Crippen LogP contribution in [0.2, 0.25) is 0 Å². The molecule has 0 aliphatic rings. The Morgan fingerprint density at radius 3 is 2.59 bits per heavy atom. The number of methoxy groups -OCH3 is 1. The predicted octanol–water partition coefficient (Wildman–Crippen LogP) is 4.22. The van der Waals surface area contributed by atoms with Gasteiger partial charge in [0.2, 0.25) is 11.2 Å². The number of halogens is 2. The molecule has 1 aromatic carbocycles. The summed E-state index contributed by atoms with van der Waals surface area (Å²) in [4.78, 5) is 24.0. The molecule has 1 heterocycles. The van der Waals surface area contributed by atoms with Crippen LogP contribution in [-0.4, -0.2) is 18.2 Å². The molecular formula is C19H20F2O5S. The summed E-state index contributed by atoms with van der Waals surface area (Å²) in [6.07, 6.45) is -0.0617. The van der Waals surface area contributed by atoms with E-state index in [1.54, 1.807) is 0 Å². The van der Waals surface area contributed by atoms with Crippen molar-refractivity contribution in [3.05, 3.63) is 57.6 Å². The summed E-state index contributed by atoms with van der Waals surface area (Å²) in [5, 5.41) is 10.1. The van der Waals surface area contributed by atoms with Crippen LogP contribution >= 0.6 is 11.8 Å². The van der Waals surface area contributed by atoms with Crippen LogP contribution in [0.1, 0.15) is 37.7 Å². The van der Waals surface area contributed by atoms with Gasteiger partial charge >= 0.3 is 5.97 Å². The molecule has 1 atom stereocenters. The van der Waals surface area contributed by atoms with E-state index in [0.717, 1.165) is 30.0 Å². The van der Waals surface area contributed by atoms with E-state index in [1.165, 1.54) is 13.2 Å². The van der Waals surface area contributed by atoms with E-state index in [1.807, 2.05) is 13.8 Å². The normalized spacial score (nSPS) is 12.2. The lowest BCUT2D eigenvalue weighted by Crippen LogP contribution is -2.16. The number of carbonyl (C=O) groups excluding carboxylic acids is 1. The molecule has 0 bridgehead atoms. The summed E-state index contributed by atoms with van der Waals surface area (Å²) in [5.74, 6) is -2.83. The van der Waals surface area contributed by atoms with Gasteiger partial charge in [-0.05, 0) is 18.1 Å². The second kappa shape index (κ2) is 9.03. The van der Waals surface area contributed by atoms with Crippen molar-refractivity contribution in [3.8, 4) is 5.75 Å². The van der Waals surface area contributed by atoms with Crippen LogP contribution in [0.25, 0.3) is 0 Å². The van der Waals surface area contributed by atoms with Crippen LogP contribution in [-0.2, 0) is 15.3 Å². The quantitative estimate of drug-likeness (QED) is 0.556. The van der Waals surface area contributed by atoms with E-state index < -0.39 is 34.7 Å². The second-order valence-electron chi connectivity index (χ2n) is 6.28. The first-order chi connectivity index (χ1) is 12.7. The Bertz CT molecular complexity index is 879. The Labute approximate surface area is 159 Å². The molecule has 8 heteroatoms. The maximum Gasteiger partial charge on any atom is 0.306 e. The largest absolute Gasteiger partial charge is 0.502 e. The maximum absolute atomic E-state index is 13.7. The van der Waals surface area contributed by atoms with Crippen molar-refractivity contribution in [2.45, 2.75) is 36.8 Å². The first-order valence-electron chi connectivity index (χ1n) is 8.23. The summed E-state index contributed by atoms with van der Waals surface area (Å²) in [6, 6.07) is 4.31. The number of carbonyl (C=O) groups is 1. The minimum absolute atomic E-state index is 0.00178. The molecule has 5 nitrogen and oxygen atoms in total. The third-order valence-electron chi connectivity index (χ3n) is 4.02. The maximum atomic E-state index is 13.7. The fourth-order valence-electron chi connectivity index (χ4n) is 2.51. The predicted molar refractivity (Wildman–Crippen MR) is 96.8 cm³/mol. The van der Waals surface area contributed by atoms with Crippen molar-refractivity contribution in [1.29, 1.82) is 0 Å². The summed E-state index contributed by atoms with van der Waals surface area (Å²) >= 11 is 1.02. The molecule has 146 valence electrons. The first kappa shape index (κ1) is 21.0. The van der Waals surface area contributed by atoms with Gasteiger partial charge in [0.25, 0.3) is 0 Å². The van der Waals surface area contributed by atoms with E-state index in [-0.39, 0.29) is 34.5 Å². The van der Waals surface area contributed by atoms with Crippen molar-refractivity contribution in [1.82, 2.24) is 0 Å². The number of thioether (sulfide) groups is 1. The molecule has 0 radical (unpaired) electrons. The Balaban J connectivity index is 2.31. The third kappa shape index (κ3) is 5.32. The van der Waals surface area contributed by atoms with Crippen molar-refractivity contribution >= 4 is 17.7 Å². The minimum Gasteiger partial charge on any atom is -0.502 e. The molecule has 1 N–H and O–H groups in total. The number of benzene rings is 1. The average molecular weight is 398 g/mol. The minimum atomic E-state index is -0.716. The third-order valence-corrected chi connectivity index (χ3v) is 5.09. The fourth-order valence-corrected chi connectivity index (χ4v) is 3.31. The Morgan fingerprint density at radius 2 is 2.00 bits per heavy atom. The highest BCUT2D eigenvalue weighted by Gasteiger charge is 2.27. The summed E-state index contributed by atoms with van der Waals surface area (Å²) in [7, 11) is 1.25. The Kier molecular flexibility index (Phi) is 7.01. The highest BCUT2D eigenvalue weighted by Crippen LogP contribution is 2.34. The van der Waals surface area contributed by atoms with Gasteiger partial charge in [-0.2, -0.15) is 0 Å². The number of ether oxygens (including phenoxy) is 1. The molecule has 1 aromatic heterocycles. The zero-order valence-corrected chi connectivity index (χ0v) is 15.9. The standard InChI is InChI=1S/C19H20F2O5S/c1-10(2)13(8-17(23)25-3)19-18(24)15(22)7-12(26-19)9-27-16-5-4-11(20)6-14(16)21/h4-7,10,13,24H,8-9H2,1-3H3. The van der Waals surface area contributed by atoms with Crippen LogP contribution in [0.15, 0.2) is 38.4 Å². The molecule has 27 heavy (non-hydrogen) atoms. The van der Waals surface area contributed by atoms with Crippen molar-refractivity contribution in [3.63, 3.8) is 0 Å². The van der Waals surface area contributed by atoms with Crippen molar-refractivity contribution < 1.29 is 27.8 Å². The van der Waals surface area contributed by atoms with E-state index in [9.17, 15) is 23.5 Å². The van der Waals surface area contributed by atoms with Gasteiger partial charge in [-0.1, -0.05) is 13.8 Å². The van der Waals surface area contributed by atoms with Crippen LogP contribution in [0, 0.1) is 17.6 Å². The van der Waals surface area contributed by atoms with Gasteiger partial charge in [-0.3, -0.25) is 9.59 Å². The molecule has 0 saturated carbocycles. The highest BCUT2D eigenvalue weighted by atomic mass is 32.2. The number of rotatable bonds is 7. The molecule has 2 rings (SSSR count). The zero-order valence-electron chi connectivity index (χ0n) is 15.1. The van der Waals surface area contributed by atoms with E-state index >= 15 is 0 Å². The Hall–Kier alpha value is -2.35. The molecule has 0 saturated heterocycles. The molecule has 0 aliphatic carbocycles. The van der Waals surface area contributed by atoms with Gasteiger partial charge in [0.15, 0.2) is 5.76 Å². The van der Waals surface area contributed by atoms with Crippen LogP contribution in [0.3, 0.4) is 0 Å². The summed E-state index contributed by atoms with van der Waals surface area (Å²) in [5.41, 5.74) is -0.651.